The highest BCUT2D eigenvalue weighted by molar-refractivity contribution is 5.94. The molecule has 1 aromatic heterocycles. The normalized spacial score (nSPS) is 17.8. The number of carboxylic acid groups (broad SMARTS) is 1. The molecule has 1 saturated carbocycles. The van der Waals surface area contributed by atoms with Crippen LogP contribution in [0.2, 0.25) is 0 Å². The number of rotatable bonds is 3. The molecule has 1 aromatic carbocycles. The van der Waals surface area contributed by atoms with E-state index in [2.05, 4.69) is 0 Å². The fourth-order valence-electron chi connectivity index (χ4n) is 3.72. The highest BCUT2D eigenvalue weighted by Gasteiger charge is 2.44. The van der Waals surface area contributed by atoms with Gasteiger partial charge in [0.25, 0.3) is 0 Å². The summed E-state index contributed by atoms with van der Waals surface area (Å²) in [5.74, 6) is -0.0325. The zero-order chi connectivity index (χ0) is 15.0. The van der Waals surface area contributed by atoms with Crippen molar-refractivity contribution in [3.8, 4) is 5.75 Å². The summed E-state index contributed by atoms with van der Waals surface area (Å²) >= 11 is 0. The molecule has 0 amide bonds. The van der Waals surface area contributed by atoms with Crippen LogP contribution in [0.1, 0.15) is 37.7 Å². The molecule has 0 spiro atoms. The molecule has 1 aliphatic rings. The minimum Gasteiger partial charge on any atom is -0.496 e. The summed E-state index contributed by atoms with van der Waals surface area (Å²) in [7, 11) is 3.60. The van der Waals surface area contributed by atoms with Crippen molar-refractivity contribution in [1.82, 2.24) is 4.57 Å². The van der Waals surface area contributed by atoms with E-state index in [0.29, 0.717) is 18.6 Å². The number of ether oxygens (including phenoxy) is 1. The molecular weight excluding hydrogens is 266 g/mol. The molecule has 1 N–H and O–H groups in total. The second-order valence-electron chi connectivity index (χ2n) is 5.95. The number of carbonyl (C=O) groups is 1. The molecule has 1 aliphatic carbocycles. The van der Waals surface area contributed by atoms with Crippen LogP contribution in [0.15, 0.2) is 24.4 Å². The van der Waals surface area contributed by atoms with Gasteiger partial charge in [-0.25, -0.2) is 0 Å². The third-order valence-electron chi connectivity index (χ3n) is 4.84. The van der Waals surface area contributed by atoms with Crippen molar-refractivity contribution in [3.05, 3.63) is 30.0 Å². The Hall–Kier alpha value is -1.97. The lowest BCUT2D eigenvalue weighted by atomic mass is 9.68. The van der Waals surface area contributed by atoms with E-state index in [1.807, 2.05) is 36.0 Å². The lowest BCUT2D eigenvalue weighted by Crippen LogP contribution is -2.38. The number of nitrogens with zero attached hydrogens (tertiary/aromatic N) is 1. The first kappa shape index (κ1) is 14.0. The smallest absolute Gasteiger partial charge is 0.314 e. The number of benzene rings is 1. The maximum absolute atomic E-state index is 12.1. The van der Waals surface area contributed by atoms with Gasteiger partial charge in [-0.1, -0.05) is 19.3 Å². The predicted molar refractivity (Wildman–Crippen MR) is 81.9 cm³/mol. The van der Waals surface area contributed by atoms with Crippen LogP contribution in [0.3, 0.4) is 0 Å². The summed E-state index contributed by atoms with van der Waals surface area (Å²) < 4.78 is 7.54. The van der Waals surface area contributed by atoms with Gasteiger partial charge in [0.15, 0.2) is 0 Å². The van der Waals surface area contributed by atoms with E-state index < -0.39 is 11.4 Å². The van der Waals surface area contributed by atoms with E-state index in [-0.39, 0.29) is 0 Å². The number of aliphatic carboxylic acids is 1. The van der Waals surface area contributed by atoms with Crippen molar-refractivity contribution in [2.24, 2.45) is 7.05 Å². The van der Waals surface area contributed by atoms with Crippen LogP contribution >= 0.6 is 0 Å². The number of carboxylic acids is 1. The molecule has 4 nitrogen and oxygen atoms in total. The molecule has 112 valence electrons. The van der Waals surface area contributed by atoms with Crippen molar-refractivity contribution in [1.29, 1.82) is 0 Å². The monoisotopic (exact) mass is 287 g/mol. The largest absolute Gasteiger partial charge is 0.496 e. The van der Waals surface area contributed by atoms with E-state index in [9.17, 15) is 9.90 Å². The van der Waals surface area contributed by atoms with Gasteiger partial charge in [0.1, 0.15) is 5.75 Å². The SMILES string of the molecule is COc1ccc2c(ccn2C)c1C1(C(=O)O)CCCCC1. The first-order chi connectivity index (χ1) is 10.1. The summed E-state index contributed by atoms with van der Waals surface area (Å²) in [6.45, 7) is 0. The van der Waals surface area contributed by atoms with Crippen molar-refractivity contribution in [3.63, 3.8) is 0 Å². The van der Waals surface area contributed by atoms with Crippen LogP contribution in [0.25, 0.3) is 10.9 Å². The number of hydrogen-bond donors (Lipinski definition) is 1. The lowest BCUT2D eigenvalue weighted by Gasteiger charge is -2.35. The van der Waals surface area contributed by atoms with Gasteiger partial charge in [-0.15, -0.1) is 0 Å². The van der Waals surface area contributed by atoms with Crippen molar-refractivity contribution in [2.45, 2.75) is 37.5 Å². The molecule has 21 heavy (non-hydrogen) atoms. The average molecular weight is 287 g/mol. The van der Waals surface area contributed by atoms with Gasteiger partial charge in [0.05, 0.1) is 12.5 Å². The summed E-state index contributed by atoms with van der Waals surface area (Å²) in [4.78, 5) is 12.1. The first-order valence-corrected chi connectivity index (χ1v) is 7.46. The summed E-state index contributed by atoms with van der Waals surface area (Å²) in [6.07, 6.45) is 6.38. The maximum Gasteiger partial charge on any atom is 0.314 e. The van der Waals surface area contributed by atoms with Gasteiger partial charge in [0.2, 0.25) is 0 Å². The standard InChI is InChI=1S/C17H21NO3/c1-18-11-8-12-13(18)6-7-14(21-2)15(12)17(16(19)20)9-4-3-5-10-17/h6-8,11H,3-5,9-10H2,1-2H3,(H,19,20). The summed E-state index contributed by atoms with van der Waals surface area (Å²) in [5, 5.41) is 11.0. The van der Waals surface area contributed by atoms with Gasteiger partial charge in [-0.2, -0.15) is 0 Å². The number of aromatic nitrogens is 1. The molecule has 0 radical (unpaired) electrons. The van der Waals surface area contributed by atoms with Crippen LogP contribution < -0.4 is 4.74 Å². The highest BCUT2D eigenvalue weighted by atomic mass is 16.5. The second-order valence-corrected chi connectivity index (χ2v) is 5.95. The van der Waals surface area contributed by atoms with Crippen LogP contribution in [-0.2, 0) is 17.3 Å². The molecule has 4 heteroatoms. The van der Waals surface area contributed by atoms with E-state index in [1.54, 1.807) is 7.11 Å². The second kappa shape index (κ2) is 5.10. The number of fused-ring (bicyclic) bond motifs is 1. The quantitative estimate of drug-likeness (QED) is 0.940. The third kappa shape index (κ3) is 2.01. The molecule has 2 aromatic rings. The number of methoxy groups -OCH3 is 1. The van der Waals surface area contributed by atoms with Gasteiger partial charge >= 0.3 is 5.97 Å². The molecule has 0 aliphatic heterocycles. The Kier molecular flexibility index (Phi) is 3.40. The average Bonchev–Trinajstić information content (AvgIpc) is 2.88. The van der Waals surface area contributed by atoms with Crippen molar-refractivity contribution < 1.29 is 14.6 Å². The van der Waals surface area contributed by atoms with E-state index in [4.69, 9.17) is 4.74 Å². The first-order valence-electron chi connectivity index (χ1n) is 7.46. The van der Waals surface area contributed by atoms with Crippen LogP contribution in [0, 0.1) is 0 Å². The zero-order valence-electron chi connectivity index (χ0n) is 12.6. The minimum absolute atomic E-state index is 0.687. The zero-order valence-corrected chi connectivity index (χ0v) is 12.6. The van der Waals surface area contributed by atoms with Crippen molar-refractivity contribution >= 4 is 16.9 Å². The van der Waals surface area contributed by atoms with Crippen LogP contribution in [-0.4, -0.2) is 22.8 Å². The highest BCUT2D eigenvalue weighted by Crippen LogP contribution is 2.46. The third-order valence-corrected chi connectivity index (χ3v) is 4.84. The predicted octanol–water partition coefficient (Wildman–Crippen LogP) is 3.47. The fourth-order valence-corrected chi connectivity index (χ4v) is 3.72. The molecular formula is C17H21NO3. The summed E-state index contributed by atoms with van der Waals surface area (Å²) in [6, 6.07) is 5.90. The van der Waals surface area contributed by atoms with Gasteiger partial charge in [-0.05, 0) is 31.0 Å². The Bertz CT molecular complexity index is 681. The fraction of sp³-hybridized carbons (Fsp3) is 0.471. The summed E-state index contributed by atoms with van der Waals surface area (Å²) in [5.41, 5.74) is 1.09. The molecule has 0 atom stereocenters. The number of aryl methyl sites for hydroxylation is 1. The van der Waals surface area contributed by atoms with Gasteiger partial charge < -0.3 is 14.4 Å². The Morgan fingerprint density at radius 2 is 1.95 bits per heavy atom. The molecule has 0 unspecified atom stereocenters. The Balaban J connectivity index is 2.32. The Morgan fingerprint density at radius 3 is 2.57 bits per heavy atom. The Morgan fingerprint density at radius 1 is 1.24 bits per heavy atom. The molecule has 1 heterocycles. The molecule has 1 fully saturated rings. The Labute approximate surface area is 124 Å². The minimum atomic E-state index is -0.815. The van der Waals surface area contributed by atoms with Gasteiger partial charge in [0, 0.05) is 29.7 Å². The topological polar surface area (TPSA) is 51.5 Å². The molecule has 0 bridgehead atoms. The molecule has 3 rings (SSSR count). The molecule has 0 saturated heterocycles. The van der Waals surface area contributed by atoms with Crippen LogP contribution in [0.4, 0.5) is 0 Å². The maximum atomic E-state index is 12.1. The van der Waals surface area contributed by atoms with E-state index in [0.717, 1.165) is 35.7 Å². The van der Waals surface area contributed by atoms with Gasteiger partial charge in [-0.3, -0.25) is 4.79 Å². The van der Waals surface area contributed by atoms with E-state index >= 15 is 0 Å². The van der Waals surface area contributed by atoms with E-state index in [1.165, 1.54) is 0 Å². The number of hydrogen-bond acceptors (Lipinski definition) is 2. The lowest BCUT2D eigenvalue weighted by molar-refractivity contribution is -0.145. The van der Waals surface area contributed by atoms with Crippen LogP contribution in [0.5, 0.6) is 5.75 Å². The van der Waals surface area contributed by atoms with Crippen molar-refractivity contribution in [2.75, 3.05) is 7.11 Å².